The standard InChI is InChI=1S/C17H29N5.2BrH.Co/c1-19-6-10-21(11-7-19)14-16-4-3-5-17(18-16)15-22-12-8-20(2)9-13-22;;;/h3-5H,6-15H2,1-2H3;2*1H;/q;;;+2/p-2. The van der Waals surface area contributed by atoms with E-state index in [1.165, 1.54) is 37.6 Å². The monoisotopic (exact) mass is 520 g/mol. The van der Waals surface area contributed by atoms with Crippen LogP contribution in [0.2, 0.25) is 0 Å². The predicted molar refractivity (Wildman–Crippen MR) is 108 cm³/mol. The van der Waals surface area contributed by atoms with Crippen molar-refractivity contribution in [2.75, 3.05) is 66.5 Å². The van der Waals surface area contributed by atoms with Crippen LogP contribution in [0.1, 0.15) is 11.4 Å². The van der Waals surface area contributed by atoms with Crippen LogP contribution in [-0.2, 0) is 24.2 Å². The molecule has 0 bridgehead atoms. The molecule has 2 fully saturated rings. The van der Waals surface area contributed by atoms with E-state index in [-0.39, 0.29) is 0 Å². The Kier molecular flexibility index (Phi) is 10.5. The number of piperazine rings is 2. The molecule has 2 aliphatic rings. The number of hydrogen-bond donors (Lipinski definition) is 0. The maximum atomic E-state index is 4.89. The van der Waals surface area contributed by atoms with Crippen LogP contribution in [0.5, 0.6) is 0 Å². The van der Waals surface area contributed by atoms with E-state index < -0.39 is 0 Å². The van der Waals surface area contributed by atoms with Crippen LogP contribution in [0, 0.1) is 0 Å². The van der Waals surface area contributed by atoms with Crippen molar-refractivity contribution in [3.8, 4) is 0 Å². The summed E-state index contributed by atoms with van der Waals surface area (Å²) in [5.41, 5.74) is 2.44. The van der Waals surface area contributed by atoms with Crippen LogP contribution in [0.15, 0.2) is 18.2 Å². The van der Waals surface area contributed by atoms with Gasteiger partial charge < -0.3 is 9.80 Å². The van der Waals surface area contributed by atoms with E-state index in [0.717, 1.165) is 50.4 Å². The van der Waals surface area contributed by atoms with Crippen molar-refractivity contribution in [3.05, 3.63) is 29.6 Å². The number of nitrogens with zero attached hydrogens (tertiary/aromatic N) is 5. The van der Waals surface area contributed by atoms with Crippen molar-refractivity contribution in [1.82, 2.24) is 24.6 Å². The molecule has 2 saturated heterocycles. The SMILES string of the molecule is CN1CCN(Cc2cccc(CN3CCN(C)CC3)n2)CC1.[Br][Co][Br]. The third-order valence-electron chi connectivity index (χ3n) is 4.83. The fourth-order valence-electron chi connectivity index (χ4n) is 3.18. The van der Waals surface area contributed by atoms with Gasteiger partial charge in [0.2, 0.25) is 0 Å². The third-order valence-corrected chi connectivity index (χ3v) is 4.83. The van der Waals surface area contributed by atoms with Gasteiger partial charge in [0.15, 0.2) is 0 Å². The minimum absolute atomic E-state index is 0.990. The molecule has 1 aromatic heterocycles. The summed E-state index contributed by atoms with van der Waals surface area (Å²) >= 11 is 7.12. The molecule has 3 heterocycles. The number of hydrogen-bond acceptors (Lipinski definition) is 5. The Morgan fingerprint density at radius 3 is 1.52 bits per heavy atom. The molecule has 0 amide bonds. The molecule has 145 valence electrons. The molecule has 0 atom stereocenters. The van der Waals surface area contributed by atoms with E-state index in [4.69, 9.17) is 4.98 Å². The Hall–Kier alpha value is 0.456. The normalized spacial score (nSPS) is 21.1. The van der Waals surface area contributed by atoms with Gasteiger partial charge in [-0.2, -0.15) is 0 Å². The molecule has 3 rings (SSSR count). The van der Waals surface area contributed by atoms with E-state index in [9.17, 15) is 0 Å². The topological polar surface area (TPSA) is 25.9 Å². The van der Waals surface area contributed by atoms with E-state index in [2.05, 4.69) is 80.2 Å². The van der Waals surface area contributed by atoms with Crippen molar-refractivity contribution in [2.24, 2.45) is 0 Å². The zero-order chi connectivity index (χ0) is 18.1. The van der Waals surface area contributed by atoms with Crippen LogP contribution < -0.4 is 0 Å². The summed E-state index contributed by atoms with van der Waals surface area (Å²) in [5, 5.41) is 0. The van der Waals surface area contributed by atoms with Gasteiger partial charge in [0, 0.05) is 65.4 Å². The van der Waals surface area contributed by atoms with Gasteiger partial charge in [-0.3, -0.25) is 14.8 Å². The first-order valence-electron chi connectivity index (χ1n) is 8.71. The van der Waals surface area contributed by atoms with Gasteiger partial charge in [0.05, 0.1) is 11.4 Å². The Bertz CT molecular complexity index is 452. The number of aromatic nitrogens is 1. The molecule has 0 saturated carbocycles. The van der Waals surface area contributed by atoms with Crippen molar-refractivity contribution >= 4 is 28.3 Å². The van der Waals surface area contributed by atoms with Crippen molar-refractivity contribution in [1.29, 1.82) is 0 Å². The molecule has 0 aliphatic carbocycles. The Labute approximate surface area is 172 Å². The maximum absolute atomic E-state index is 4.89. The molecule has 2 aliphatic heterocycles. The molecular formula is C17H29Br2CoN5. The average Bonchev–Trinajstić information content (AvgIpc) is 2.60. The number of likely N-dealkylation sites (N-methyl/N-ethyl adjacent to an activating group) is 2. The van der Waals surface area contributed by atoms with Gasteiger partial charge in [-0.25, -0.2) is 0 Å². The number of rotatable bonds is 4. The summed E-state index contributed by atoms with van der Waals surface area (Å²) in [6.07, 6.45) is 0. The Morgan fingerprint density at radius 2 is 1.16 bits per heavy atom. The fraction of sp³-hybridized carbons (Fsp3) is 0.706. The molecule has 0 N–H and O–H groups in total. The summed E-state index contributed by atoms with van der Waals surface area (Å²) in [6, 6.07) is 6.52. The predicted octanol–water partition coefficient (Wildman–Crippen LogP) is 2.27. The van der Waals surface area contributed by atoms with Gasteiger partial charge in [-0.05, 0) is 26.2 Å². The first-order chi connectivity index (χ1) is 12.1. The second-order valence-corrected chi connectivity index (χ2v) is 12.1. The molecular weight excluding hydrogens is 493 g/mol. The molecule has 0 radical (unpaired) electrons. The van der Waals surface area contributed by atoms with Crippen LogP contribution >= 0.6 is 28.3 Å². The fourth-order valence-corrected chi connectivity index (χ4v) is 3.18. The first-order valence-corrected chi connectivity index (χ1v) is 13.9. The molecule has 8 heteroatoms. The summed E-state index contributed by atoms with van der Waals surface area (Å²) in [4.78, 5) is 14.7. The Balaban J connectivity index is 0.000000701. The average molecular weight is 522 g/mol. The van der Waals surface area contributed by atoms with E-state index >= 15 is 0 Å². The molecule has 1 aromatic rings. The molecule has 0 spiro atoms. The van der Waals surface area contributed by atoms with Gasteiger partial charge in [0.1, 0.15) is 0 Å². The van der Waals surface area contributed by atoms with Crippen LogP contribution in [-0.4, -0.2) is 91.0 Å². The summed E-state index contributed by atoms with van der Waals surface area (Å²) in [7, 11) is 4.40. The van der Waals surface area contributed by atoms with Crippen molar-refractivity contribution < 1.29 is 11.1 Å². The zero-order valence-electron chi connectivity index (χ0n) is 15.1. The van der Waals surface area contributed by atoms with E-state index in [0.29, 0.717) is 0 Å². The second kappa shape index (κ2) is 12.0. The summed E-state index contributed by atoms with van der Waals surface area (Å²) in [6.45, 7) is 11.3. The van der Waals surface area contributed by atoms with Gasteiger partial charge in [-0.15, -0.1) is 0 Å². The first kappa shape index (κ1) is 21.8. The molecule has 5 nitrogen and oxygen atoms in total. The van der Waals surface area contributed by atoms with Gasteiger partial charge >= 0.3 is 39.5 Å². The minimum atomic E-state index is 0.990. The van der Waals surface area contributed by atoms with Gasteiger partial charge in [-0.1, -0.05) is 6.07 Å². The molecule has 0 unspecified atom stereocenters. The van der Waals surface area contributed by atoms with E-state index in [1.807, 2.05) is 0 Å². The van der Waals surface area contributed by atoms with E-state index in [1.54, 1.807) is 0 Å². The number of pyridine rings is 1. The van der Waals surface area contributed by atoms with Crippen LogP contribution in [0.25, 0.3) is 0 Å². The second-order valence-electron chi connectivity index (χ2n) is 6.83. The molecule has 25 heavy (non-hydrogen) atoms. The Morgan fingerprint density at radius 1 is 0.800 bits per heavy atom. The summed E-state index contributed by atoms with van der Waals surface area (Å²) < 4.78 is 0. The van der Waals surface area contributed by atoms with Gasteiger partial charge in [0.25, 0.3) is 0 Å². The zero-order valence-corrected chi connectivity index (χ0v) is 19.3. The molecule has 0 aromatic carbocycles. The number of halogens is 2. The van der Waals surface area contributed by atoms with Crippen LogP contribution in [0.3, 0.4) is 0 Å². The third kappa shape index (κ3) is 8.34. The van der Waals surface area contributed by atoms with Crippen molar-refractivity contribution in [3.63, 3.8) is 0 Å². The van der Waals surface area contributed by atoms with Crippen molar-refractivity contribution in [2.45, 2.75) is 13.1 Å². The van der Waals surface area contributed by atoms with Crippen LogP contribution in [0.4, 0.5) is 0 Å². The quantitative estimate of drug-likeness (QED) is 0.605. The summed E-state index contributed by atoms with van der Waals surface area (Å²) in [5.74, 6) is 0.